The summed E-state index contributed by atoms with van der Waals surface area (Å²) in [5.41, 5.74) is -2.22. The highest BCUT2D eigenvalue weighted by Gasteiger charge is 2.36. The van der Waals surface area contributed by atoms with Crippen LogP contribution in [0.2, 0.25) is 0 Å². The standard InChI is InChI=1S/C26H19F3N2O7/c1-15(24(32)30-21-12-11-16(31(34)35)13-20(21)26(27,28)29)37-25(33)23-19(14-36-17-7-3-2-4-8-17)18-9-5-6-10-22(18)38-23/h2-13,15H,14H2,1H3,(H,30,32). The van der Waals surface area contributed by atoms with E-state index in [1.807, 2.05) is 11.4 Å². The number of carbonyl (C=O) groups excluding carboxylic acids is 2. The fraction of sp³-hybridized carbons (Fsp3) is 0.154. The second-order valence-corrected chi connectivity index (χ2v) is 8.03. The molecule has 0 radical (unpaired) electrons. The molecule has 0 spiro atoms. The molecule has 0 aliphatic rings. The molecule has 0 saturated carbocycles. The quantitative estimate of drug-likeness (QED) is 0.166. The van der Waals surface area contributed by atoms with Crippen molar-refractivity contribution in [3.8, 4) is 5.75 Å². The topological polar surface area (TPSA) is 121 Å². The molecule has 0 aliphatic carbocycles. The van der Waals surface area contributed by atoms with Gasteiger partial charge in [0.05, 0.1) is 21.7 Å². The minimum Gasteiger partial charge on any atom is -0.489 e. The van der Waals surface area contributed by atoms with Gasteiger partial charge >= 0.3 is 12.1 Å². The number of rotatable bonds is 8. The molecule has 38 heavy (non-hydrogen) atoms. The van der Waals surface area contributed by atoms with E-state index in [2.05, 4.69) is 0 Å². The van der Waals surface area contributed by atoms with E-state index in [-0.39, 0.29) is 12.4 Å². The Morgan fingerprint density at radius 3 is 2.42 bits per heavy atom. The molecule has 1 heterocycles. The number of anilines is 1. The first kappa shape index (κ1) is 26.2. The number of carbonyl (C=O) groups is 2. The summed E-state index contributed by atoms with van der Waals surface area (Å²) in [6, 6.07) is 17.4. The van der Waals surface area contributed by atoms with Crippen LogP contribution in [0, 0.1) is 10.1 Å². The molecule has 0 saturated heterocycles. The maximum Gasteiger partial charge on any atom is 0.418 e. The molecule has 0 fully saturated rings. The van der Waals surface area contributed by atoms with Gasteiger partial charge in [-0.05, 0) is 31.2 Å². The summed E-state index contributed by atoms with van der Waals surface area (Å²) in [5, 5.41) is 13.5. The molecular weight excluding hydrogens is 509 g/mol. The van der Waals surface area contributed by atoms with Crippen molar-refractivity contribution < 1.29 is 41.6 Å². The number of halogens is 3. The first-order chi connectivity index (χ1) is 18.0. The smallest absolute Gasteiger partial charge is 0.418 e. The lowest BCUT2D eigenvalue weighted by atomic mass is 10.1. The molecule has 12 heteroatoms. The van der Waals surface area contributed by atoms with Crippen molar-refractivity contribution >= 4 is 34.2 Å². The number of nitrogens with one attached hydrogen (secondary N) is 1. The first-order valence-corrected chi connectivity index (χ1v) is 11.1. The lowest BCUT2D eigenvalue weighted by molar-refractivity contribution is -0.385. The predicted molar refractivity (Wildman–Crippen MR) is 129 cm³/mol. The van der Waals surface area contributed by atoms with E-state index in [1.54, 1.807) is 48.5 Å². The Labute approximate surface area is 212 Å². The largest absolute Gasteiger partial charge is 0.489 e. The van der Waals surface area contributed by atoms with Gasteiger partial charge in [-0.1, -0.05) is 36.4 Å². The fourth-order valence-corrected chi connectivity index (χ4v) is 3.57. The molecule has 4 aromatic rings. The molecule has 1 atom stereocenters. The van der Waals surface area contributed by atoms with Gasteiger partial charge in [0.15, 0.2) is 6.10 Å². The van der Waals surface area contributed by atoms with Gasteiger partial charge in [0, 0.05) is 17.5 Å². The number of hydrogen-bond donors (Lipinski definition) is 1. The number of amides is 1. The number of nitro groups is 1. The molecule has 1 aromatic heterocycles. The summed E-state index contributed by atoms with van der Waals surface area (Å²) >= 11 is 0. The van der Waals surface area contributed by atoms with E-state index < -0.39 is 46.0 Å². The van der Waals surface area contributed by atoms with Crippen LogP contribution in [0.5, 0.6) is 5.75 Å². The fourth-order valence-electron chi connectivity index (χ4n) is 3.57. The Hall–Kier alpha value is -4.87. The summed E-state index contributed by atoms with van der Waals surface area (Å²) in [6.45, 7) is 1.10. The summed E-state index contributed by atoms with van der Waals surface area (Å²) < 4.78 is 56.9. The molecule has 0 bridgehead atoms. The average Bonchev–Trinajstić information content (AvgIpc) is 3.26. The maximum absolute atomic E-state index is 13.4. The van der Waals surface area contributed by atoms with Gasteiger partial charge in [0.1, 0.15) is 17.9 Å². The number of esters is 1. The number of furan rings is 1. The lowest BCUT2D eigenvalue weighted by Crippen LogP contribution is -2.31. The molecule has 9 nitrogen and oxygen atoms in total. The van der Waals surface area contributed by atoms with Crippen LogP contribution >= 0.6 is 0 Å². The SMILES string of the molecule is CC(OC(=O)c1oc2ccccc2c1COc1ccccc1)C(=O)Nc1ccc([N+](=O)[O-])cc1C(F)(F)F. The van der Waals surface area contributed by atoms with Crippen molar-refractivity contribution in [2.75, 3.05) is 5.32 Å². The second-order valence-electron chi connectivity index (χ2n) is 8.03. The monoisotopic (exact) mass is 528 g/mol. The summed E-state index contributed by atoms with van der Waals surface area (Å²) in [6.07, 6.45) is -6.54. The zero-order chi connectivity index (χ0) is 27.4. The van der Waals surface area contributed by atoms with Crippen LogP contribution in [0.1, 0.15) is 28.6 Å². The van der Waals surface area contributed by atoms with Gasteiger partial charge in [0.2, 0.25) is 5.76 Å². The molecular formula is C26H19F3N2O7. The number of para-hydroxylation sites is 2. The van der Waals surface area contributed by atoms with Crippen LogP contribution in [0.4, 0.5) is 24.5 Å². The maximum atomic E-state index is 13.4. The van der Waals surface area contributed by atoms with Gasteiger partial charge < -0.3 is 19.2 Å². The third kappa shape index (κ3) is 5.75. The second kappa shape index (κ2) is 10.6. The Balaban J connectivity index is 1.53. The number of nitrogens with zero attached hydrogens (tertiary/aromatic N) is 1. The number of non-ortho nitro benzene ring substituents is 1. The molecule has 4 rings (SSSR count). The van der Waals surface area contributed by atoms with E-state index in [0.29, 0.717) is 28.3 Å². The van der Waals surface area contributed by atoms with Gasteiger partial charge in [-0.15, -0.1) is 0 Å². The number of ether oxygens (including phenoxy) is 2. The Morgan fingerprint density at radius 2 is 1.74 bits per heavy atom. The molecule has 3 aromatic carbocycles. The molecule has 0 aliphatic heterocycles. The van der Waals surface area contributed by atoms with E-state index in [9.17, 15) is 32.9 Å². The highest BCUT2D eigenvalue weighted by atomic mass is 19.4. The van der Waals surface area contributed by atoms with Crippen LogP contribution in [-0.2, 0) is 22.3 Å². The average molecular weight is 528 g/mol. The zero-order valence-corrected chi connectivity index (χ0v) is 19.7. The highest BCUT2D eigenvalue weighted by molar-refractivity contribution is 5.99. The Bertz CT molecular complexity index is 1500. The van der Waals surface area contributed by atoms with Crippen molar-refractivity contribution in [1.29, 1.82) is 0 Å². The van der Waals surface area contributed by atoms with Crippen molar-refractivity contribution in [1.82, 2.24) is 0 Å². The number of fused-ring (bicyclic) bond motifs is 1. The van der Waals surface area contributed by atoms with Crippen LogP contribution in [0.3, 0.4) is 0 Å². The normalized spacial score (nSPS) is 12.1. The number of benzene rings is 3. The van der Waals surface area contributed by atoms with E-state index >= 15 is 0 Å². The summed E-state index contributed by atoms with van der Waals surface area (Å²) in [4.78, 5) is 35.4. The van der Waals surface area contributed by atoms with Gasteiger partial charge in [-0.3, -0.25) is 14.9 Å². The molecule has 1 unspecified atom stereocenters. The third-order valence-corrected chi connectivity index (χ3v) is 5.44. The van der Waals surface area contributed by atoms with Gasteiger partial charge in [-0.25, -0.2) is 4.79 Å². The van der Waals surface area contributed by atoms with Gasteiger partial charge in [0.25, 0.3) is 11.6 Å². The van der Waals surface area contributed by atoms with Crippen molar-refractivity contribution in [3.63, 3.8) is 0 Å². The molecule has 1 N–H and O–H groups in total. The lowest BCUT2D eigenvalue weighted by Gasteiger charge is -2.16. The number of hydrogen-bond acceptors (Lipinski definition) is 7. The summed E-state index contributed by atoms with van der Waals surface area (Å²) in [7, 11) is 0. The van der Waals surface area contributed by atoms with Crippen LogP contribution in [0.15, 0.2) is 77.2 Å². The van der Waals surface area contributed by atoms with E-state index in [0.717, 1.165) is 19.1 Å². The van der Waals surface area contributed by atoms with Crippen molar-refractivity contribution in [3.05, 3.63) is 99.8 Å². The minimum atomic E-state index is -4.99. The zero-order valence-electron chi connectivity index (χ0n) is 19.7. The number of nitro benzene ring substituents is 1. The van der Waals surface area contributed by atoms with E-state index in [1.165, 1.54) is 0 Å². The van der Waals surface area contributed by atoms with Crippen LogP contribution < -0.4 is 10.1 Å². The predicted octanol–water partition coefficient (Wildman–Crippen LogP) is 6.12. The van der Waals surface area contributed by atoms with Crippen molar-refractivity contribution in [2.24, 2.45) is 0 Å². The first-order valence-electron chi connectivity index (χ1n) is 11.1. The van der Waals surface area contributed by atoms with E-state index in [4.69, 9.17) is 13.9 Å². The van der Waals surface area contributed by atoms with Crippen LogP contribution in [0.25, 0.3) is 11.0 Å². The van der Waals surface area contributed by atoms with Crippen LogP contribution in [-0.4, -0.2) is 22.9 Å². The molecule has 1 amide bonds. The Kier molecular flexibility index (Phi) is 7.33. The third-order valence-electron chi connectivity index (χ3n) is 5.44. The molecule has 196 valence electrons. The number of alkyl halides is 3. The summed E-state index contributed by atoms with van der Waals surface area (Å²) in [5.74, 6) is -1.81. The Morgan fingerprint density at radius 1 is 1.05 bits per heavy atom. The highest BCUT2D eigenvalue weighted by Crippen LogP contribution is 2.37. The van der Waals surface area contributed by atoms with Gasteiger partial charge in [-0.2, -0.15) is 13.2 Å². The minimum absolute atomic E-state index is 0.0657. The van der Waals surface area contributed by atoms with Crippen molar-refractivity contribution in [2.45, 2.75) is 25.8 Å².